The molecule has 156 valence electrons. The van der Waals surface area contributed by atoms with Crippen LogP contribution in [0.4, 0.5) is 5.69 Å². The molecule has 0 aromatic heterocycles. The minimum Gasteiger partial charge on any atom is -0.383 e. The number of benzene rings is 3. The Kier molecular flexibility index (Phi) is 5.78. The molecule has 4 rings (SSSR count). The van der Waals surface area contributed by atoms with E-state index in [0.29, 0.717) is 0 Å². The third-order valence-electron chi connectivity index (χ3n) is 6.26. The van der Waals surface area contributed by atoms with Gasteiger partial charge in [0.25, 0.3) is 5.91 Å². The van der Waals surface area contributed by atoms with E-state index in [4.69, 9.17) is 0 Å². The highest BCUT2D eigenvalue weighted by Crippen LogP contribution is 2.25. The summed E-state index contributed by atoms with van der Waals surface area (Å²) in [5.41, 5.74) is 3.94. The molecule has 2 atom stereocenters. The summed E-state index contributed by atoms with van der Waals surface area (Å²) in [6.07, 6.45) is 2.38. The maximum absolute atomic E-state index is 13.1. The fraction of sp³-hybridized carbons (Fsp3) is 0.346. The first kappa shape index (κ1) is 20.4. The average molecular weight is 402 g/mol. The first-order chi connectivity index (χ1) is 14.5. The van der Waals surface area contributed by atoms with E-state index >= 15 is 0 Å². The largest absolute Gasteiger partial charge is 0.383 e. The van der Waals surface area contributed by atoms with Gasteiger partial charge in [-0.15, -0.1) is 0 Å². The van der Waals surface area contributed by atoms with Gasteiger partial charge in [-0.25, -0.2) is 0 Å². The normalized spacial score (nSPS) is 19.6. The van der Waals surface area contributed by atoms with Crippen molar-refractivity contribution in [3.05, 3.63) is 77.4 Å². The van der Waals surface area contributed by atoms with E-state index in [1.165, 1.54) is 23.6 Å². The Labute approximate surface area is 179 Å². The van der Waals surface area contributed by atoms with Gasteiger partial charge in [0.1, 0.15) is 0 Å². The standard InChI is InChI=1S/C26H31N3O/c1-18-12-13-21(27-17-26(3)14-7-15-28-26)16-24(18)25(30)29-19(2)22-11-6-9-20-8-4-5-10-23(20)22/h4-6,8-13,16,19,27-28H,7,14-15,17H2,1-3H3,(H,29,30)/t19-,26-/m1/s1. The molecule has 1 heterocycles. The second kappa shape index (κ2) is 8.49. The Hall–Kier alpha value is -2.85. The van der Waals surface area contributed by atoms with Crippen LogP contribution >= 0.6 is 0 Å². The summed E-state index contributed by atoms with van der Waals surface area (Å²) in [6, 6.07) is 20.5. The SMILES string of the molecule is Cc1ccc(NC[C@@]2(C)CCCN2)cc1C(=O)N[C@H](C)c1cccc2ccccc12. The first-order valence-electron chi connectivity index (χ1n) is 10.8. The highest BCUT2D eigenvalue weighted by molar-refractivity contribution is 5.97. The number of amides is 1. The molecule has 0 bridgehead atoms. The molecule has 30 heavy (non-hydrogen) atoms. The lowest BCUT2D eigenvalue weighted by atomic mass is 9.98. The summed E-state index contributed by atoms with van der Waals surface area (Å²) >= 11 is 0. The van der Waals surface area contributed by atoms with Crippen molar-refractivity contribution < 1.29 is 4.79 Å². The van der Waals surface area contributed by atoms with Crippen molar-refractivity contribution in [1.82, 2.24) is 10.6 Å². The molecular formula is C26H31N3O. The molecule has 0 spiro atoms. The molecular weight excluding hydrogens is 370 g/mol. The van der Waals surface area contributed by atoms with Crippen LogP contribution in [0, 0.1) is 6.92 Å². The van der Waals surface area contributed by atoms with Crippen LogP contribution in [0.1, 0.15) is 54.2 Å². The van der Waals surface area contributed by atoms with Crippen molar-refractivity contribution >= 4 is 22.4 Å². The van der Waals surface area contributed by atoms with Crippen LogP contribution < -0.4 is 16.0 Å². The molecule has 0 unspecified atom stereocenters. The number of hydrogen-bond acceptors (Lipinski definition) is 3. The van der Waals surface area contributed by atoms with Gasteiger partial charge in [0.15, 0.2) is 0 Å². The minimum atomic E-state index is -0.0822. The summed E-state index contributed by atoms with van der Waals surface area (Å²) in [4.78, 5) is 13.1. The summed E-state index contributed by atoms with van der Waals surface area (Å²) in [6.45, 7) is 8.21. The monoisotopic (exact) mass is 401 g/mol. The number of anilines is 1. The third-order valence-corrected chi connectivity index (χ3v) is 6.26. The van der Waals surface area contributed by atoms with Gasteiger partial charge in [-0.3, -0.25) is 4.79 Å². The summed E-state index contributed by atoms with van der Waals surface area (Å²) < 4.78 is 0. The van der Waals surface area contributed by atoms with Gasteiger partial charge in [-0.2, -0.15) is 0 Å². The van der Waals surface area contributed by atoms with Crippen molar-refractivity contribution in [1.29, 1.82) is 0 Å². The molecule has 3 aromatic rings. The number of carbonyl (C=O) groups excluding carboxylic acids is 1. The number of hydrogen-bond donors (Lipinski definition) is 3. The van der Waals surface area contributed by atoms with Crippen LogP contribution in [0.25, 0.3) is 10.8 Å². The highest BCUT2D eigenvalue weighted by Gasteiger charge is 2.27. The fourth-order valence-corrected chi connectivity index (χ4v) is 4.36. The number of rotatable bonds is 6. The molecule has 4 heteroatoms. The summed E-state index contributed by atoms with van der Waals surface area (Å²) in [5.74, 6) is -0.0400. The second-order valence-corrected chi connectivity index (χ2v) is 8.74. The van der Waals surface area contributed by atoms with E-state index in [2.05, 4.69) is 53.2 Å². The Bertz CT molecular complexity index is 1050. The van der Waals surface area contributed by atoms with Crippen molar-refractivity contribution in [2.24, 2.45) is 0 Å². The molecule has 1 fully saturated rings. The molecule has 1 aliphatic rings. The smallest absolute Gasteiger partial charge is 0.252 e. The van der Waals surface area contributed by atoms with Crippen LogP contribution in [-0.4, -0.2) is 24.5 Å². The number of fused-ring (bicyclic) bond motifs is 1. The molecule has 4 nitrogen and oxygen atoms in total. The Morgan fingerprint density at radius 2 is 1.93 bits per heavy atom. The van der Waals surface area contributed by atoms with Crippen molar-refractivity contribution in [2.75, 3.05) is 18.4 Å². The second-order valence-electron chi connectivity index (χ2n) is 8.74. The number of nitrogens with one attached hydrogen (secondary N) is 3. The van der Waals surface area contributed by atoms with Gasteiger partial charge in [-0.1, -0.05) is 48.5 Å². The van der Waals surface area contributed by atoms with Crippen molar-refractivity contribution in [3.8, 4) is 0 Å². The third kappa shape index (κ3) is 4.34. The van der Waals surface area contributed by atoms with Gasteiger partial charge in [-0.05, 0) is 74.2 Å². The van der Waals surface area contributed by atoms with E-state index in [-0.39, 0.29) is 17.5 Å². The van der Waals surface area contributed by atoms with Gasteiger partial charge in [0.2, 0.25) is 0 Å². The predicted molar refractivity (Wildman–Crippen MR) is 125 cm³/mol. The van der Waals surface area contributed by atoms with Crippen LogP contribution in [0.3, 0.4) is 0 Å². The zero-order valence-electron chi connectivity index (χ0n) is 18.1. The Morgan fingerprint density at radius 1 is 1.13 bits per heavy atom. The summed E-state index contributed by atoms with van der Waals surface area (Å²) in [5, 5.41) is 12.6. The minimum absolute atomic E-state index is 0.0400. The van der Waals surface area contributed by atoms with Crippen LogP contribution in [-0.2, 0) is 0 Å². The van der Waals surface area contributed by atoms with Crippen LogP contribution in [0.5, 0.6) is 0 Å². The van der Waals surface area contributed by atoms with Gasteiger partial charge in [0.05, 0.1) is 6.04 Å². The molecule has 0 aliphatic carbocycles. The zero-order chi connectivity index (χ0) is 21.1. The molecule has 3 aromatic carbocycles. The lowest BCUT2D eigenvalue weighted by molar-refractivity contribution is 0.0939. The Balaban J connectivity index is 1.49. The average Bonchev–Trinajstić information content (AvgIpc) is 3.19. The van der Waals surface area contributed by atoms with Gasteiger partial charge in [0, 0.05) is 23.3 Å². The van der Waals surface area contributed by atoms with E-state index in [9.17, 15) is 4.79 Å². The maximum atomic E-state index is 13.1. The lowest BCUT2D eigenvalue weighted by Crippen LogP contribution is -2.42. The quantitative estimate of drug-likeness (QED) is 0.533. The lowest BCUT2D eigenvalue weighted by Gasteiger charge is -2.25. The maximum Gasteiger partial charge on any atom is 0.252 e. The van der Waals surface area contributed by atoms with Gasteiger partial charge >= 0.3 is 0 Å². The molecule has 1 aliphatic heterocycles. The Morgan fingerprint density at radius 3 is 2.73 bits per heavy atom. The van der Waals surface area contributed by atoms with E-state index < -0.39 is 0 Å². The zero-order valence-corrected chi connectivity index (χ0v) is 18.1. The van der Waals surface area contributed by atoms with E-state index in [1.54, 1.807) is 0 Å². The first-order valence-corrected chi connectivity index (χ1v) is 10.8. The summed E-state index contributed by atoms with van der Waals surface area (Å²) in [7, 11) is 0. The number of aryl methyl sites for hydroxylation is 1. The van der Waals surface area contributed by atoms with Crippen molar-refractivity contribution in [2.45, 2.75) is 45.2 Å². The molecule has 3 N–H and O–H groups in total. The van der Waals surface area contributed by atoms with Crippen LogP contribution in [0.15, 0.2) is 60.7 Å². The highest BCUT2D eigenvalue weighted by atomic mass is 16.1. The number of carbonyl (C=O) groups is 1. The molecule has 1 amide bonds. The van der Waals surface area contributed by atoms with Gasteiger partial charge < -0.3 is 16.0 Å². The molecule has 0 radical (unpaired) electrons. The van der Waals surface area contributed by atoms with Crippen LogP contribution in [0.2, 0.25) is 0 Å². The van der Waals surface area contributed by atoms with Crippen molar-refractivity contribution in [3.63, 3.8) is 0 Å². The fourth-order valence-electron chi connectivity index (χ4n) is 4.36. The van der Waals surface area contributed by atoms with E-state index in [0.717, 1.165) is 35.5 Å². The topological polar surface area (TPSA) is 53.2 Å². The predicted octanol–water partition coefficient (Wildman–Crippen LogP) is 5.19. The van der Waals surface area contributed by atoms with E-state index in [1.807, 2.05) is 44.2 Å². The molecule has 0 saturated carbocycles. The molecule has 1 saturated heterocycles.